The molecular formula is C8H17NOS2. The van der Waals surface area contributed by atoms with Gasteiger partial charge in [-0.2, -0.15) is 16.2 Å². The summed E-state index contributed by atoms with van der Waals surface area (Å²) in [6.45, 7) is 5.78. The molecule has 0 unspecified atom stereocenters. The molecule has 0 spiro atoms. The van der Waals surface area contributed by atoms with E-state index in [1.165, 1.54) is 0 Å². The Morgan fingerprint density at radius 1 is 1.50 bits per heavy atom. The Morgan fingerprint density at radius 3 is 2.50 bits per heavy atom. The van der Waals surface area contributed by atoms with Crippen molar-refractivity contribution in [2.45, 2.75) is 31.9 Å². The van der Waals surface area contributed by atoms with E-state index in [0.29, 0.717) is 0 Å². The maximum absolute atomic E-state index is 11.3. The third-order valence-corrected chi connectivity index (χ3v) is 3.18. The summed E-state index contributed by atoms with van der Waals surface area (Å²) >= 11 is 1.77. The third kappa shape index (κ3) is 5.77. The van der Waals surface area contributed by atoms with Gasteiger partial charge in [0.1, 0.15) is 11.0 Å². The van der Waals surface area contributed by atoms with E-state index in [2.05, 4.69) is 10.7 Å². The summed E-state index contributed by atoms with van der Waals surface area (Å²) in [7, 11) is -1.08. The summed E-state index contributed by atoms with van der Waals surface area (Å²) in [6.07, 6.45) is 4.72. The summed E-state index contributed by atoms with van der Waals surface area (Å²) in [5.74, 6) is 1.05. The van der Waals surface area contributed by atoms with E-state index in [-0.39, 0.29) is 4.75 Å². The third-order valence-electron chi connectivity index (χ3n) is 1.15. The van der Waals surface area contributed by atoms with Crippen LogP contribution in [0.1, 0.15) is 27.2 Å². The Morgan fingerprint density at radius 2 is 2.08 bits per heavy atom. The minimum atomic E-state index is -1.08. The zero-order valence-electron chi connectivity index (χ0n) is 8.16. The van der Waals surface area contributed by atoms with Crippen LogP contribution in [0.3, 0.4) is 0 Å². The Kier molecular flexibility index (Phi) is 5.84. The first-order chi connectivity index (χ1) is 5.48. The van der Waals surface area contributed by atoms with Gasteiger partial charge < -0.3 is 0 Å². The molecule has 0 aromatic rings. The fourth-order valence-corrected chi connectivity index (χ4v) is 1.35. The molecule has 0 aromatic heterocycles. The smallest absolute Gasteiger partial charge is 0.144 e. The van der Waals surface area contributed by atoms with Crippen LogP contribution in [0.4, 0.5) is 0 Å². The van der Waals surface area contributed by atoms with Crippen molar-refractivity contribution in [2.75, 3.05) is 12.0 Å². The Hall–Kier alpha value is 0.170. The maximum Gasteiger partial charge on any atom is 0.144 e. The van der Waals surface area contributed by atoms with Gasteiger partial charge in [-0.1, -0.05) is 0 Å². The van der Waals surface area contributed by atoms with Crippen molar-refractivity contribution < 1.29 is 4.21 Å². The largest absolute Gasteiger partial charge is 0.234 e. The topological polar surface area (TPSA) is 29.4 Å². The molecule has 0 aliphatic carbocycles. The number of thioether (sulfide) groups is 1. The Bertz CT molecular complexity index is 172. The molecule has 0 amide bonds. The molecular weight excluding hydrogens is 190 g/mol. The summed E-state index contributed by atoms with van der Waals surface area (Å²) < 4.78 is 15.1. The molecule has 0 saturated carbocycles. The predicted molar refractivity (Wildman–Crippen MR) is 59.4 cm³/mol. The molecule has 1 atom stereocenters. The van der Waals surface area contributed by atoms with E-state index in [1.54, 1.807) is 18.0 Å². The Balaban J connectivity index is 3.77. The van der Waals surface area contributed by atoms with Crippen molar-refractivity contribution in [3.8, 4) is 0 Å². The zero-order valence-corrected chi connectivity index (χ0v) is 9.80. The fraction of sp³-hybridized carbons (Fsp3) is 0.875. The lowest BCUT2D eigenvalue weighted by molar-refractivity contribution is 0.651. The van der Waals surface area contributed by atoms with E-state index < -0.39 is 11.0 Å². The normalized spacial score (nSPS) is 15.3. The second kappa shape index (κ2) is 5.75. The summed E-state index contributed by atoms with van der Waals surface area (Å²) in [5, 5.41) is 0. The lowest BCUT2D eigenvalue weighted by Gasteiger charge is -2.12. The number of rotatable bonds is 4. The van der Waals surface area contributed by atoms with Gasteiger partial charge in [-0.15, -0.1) is 0 Å². The van der Waals surface area contributed by atoms with Gasteiger partial charge in [-0.25, -0.2) is 4.21 Å². The van der Waals surface area contributed by atoms with Crippen LogP contribution in [0.2, 0.25) is 0 Å². The maximum atomic E-state index is 11.3. The van der Waals surface area contributed by atoms with Crippen molar-refractivity contribution in [2.24, 2.45) is 4.40 Å². The molecule has 0 rings (SSSR count). The van der Waals surface area contributed by atoms with Gasteiger partial charge in [-0.05, 0) is 39.2 Å². The molecule has 72 valence electrons. The second-order valence-corrected chi connectivity index (χ2v) is 6.35. The zero-order chi connectivity index (χ0) is 9.61. The monoisotopic (exact) mass is 207 g/mol. The van der Waals surface area contributed by atoms with Crippen molar-refractivity contribution in [3.05, 3.63) is 0 Å². The fourth-order valence-electron chi connectivity index (χ4n) is 0.449. The van der Waals surface area contributed by atoms with E-state index in [4.69, 9.17) is 0 Å². The van der Waals surface area contributed by atoms with Crippen LogP contribution in [0, 0.1) is 0 Å². The van der Waals surface area contributed by atoms with Crippen LogP contribution < -0.4 is 0 Å². The molecule has 0 aromatic carbocycles. The van der Waals surface area contributed by atoms with Crippen LogP contribution in [0.5, 0.6) is 0 Å². The van der Waals surface area contributed by atoms with Gasteiger partial charge >= 0.3 is 0 Å². The van der Waals surface area contributed by atoms with Gasteiger partial charge in [0.2, 0.25) is 0 Å². The van der Waals surface area contributed by atoms with Crippen molar-refractivity contribution in [3.63, 3.8) is 0 Å². The lowest BCUT2D eigenvalue weighted by Crippen LogP contribution is -2.19. The molecule has 12 heavy (non-hydrogen) atoms. The minimum Gasteiger partial charge on any atom is -0.234 e. The molecule has 0 aliphatic heterocycles. The highest BCUT2D eigenvalue weighted by Crippen LogP contribution is 2.11. The minimum absolute atomic E-state index is 0.226. The standard InChI is InChI=1S/C8H17NOS2/c1-8(2,3)12(10)9-6-5-7-11-4/h6H,5,7H2,1-4H3/t12-/m0/s1. The first kappa shape index (κ1) is 12.2. The number of hydrogen-bond acceptors (Lipinski definition) is 2. The van der Waals surface area contributed by atoms with E-state index in [0.717, 1.165) is 12.2 Å². The summed E-state index contributed by atoms with van der Waals surface area (Å²) in [4.78, 5) is 0. The van der Waals surface area contributed by atoms with Gasteiger partial charge in [0, 0.05) is 6.21 Å². The van der Waals surface area contributed by atoms with Gasteiger partial charge in [0.05, 0.1) is 4.75 Å². The quantitative estimate of drug-likeness (QED) is 0.523. The molecule has 0 bridgehead atoms. The first-order valence-electron chi connectivity index (χ1n) is 3.92. The molecule has 0 N–H and O–H groups in total. The Labute approximate surface area is 81.8 Å². The van der Waals surface area contributed by atoms with Crippen molar-refractivity contribution in [1.29, 1.82) is 0 Å². The van der Waals surface area contributed by atoms with Crippen LogP contribution >= 0.6 is 11.8 Å². The van der Waals surface area contributed by atoms with Gasteiger partial charge in [0.25, 0.3) is 0 Å². The van der Waals surface area contributed by atoms with Crippen LogP contribution in [-0.4, -0.2) is 27.2 Å². The van der Waals surface area contributed by atoms with Gasteiger partial charge in [-0.3, -0.25) is 0 Å². The van der Waals surface area contributed by atoms with E-state index in [1.807, 2.05) is 20.8 Å². The highest BCUT2D eigenvalue weighted by Gasteiger charge is 2.17. The second-order valence-electron chi connectivity index (χ2n) is 3.43. The van der Waals surface area contributed by atoms with Crippen molar-refractivity contribution in [1.82, 2.24) is 0 Å². The number of nitrogens with zero attached hydrogens (tertiary/aromatic N) is 1. The molecule has 4 heteroatoms. The van der Waals surface area contributed by atoms with E-state index >= 15 is 0 Å². The van der Waals surface area contributed by atoms with Gasteiger partial charge in [0.15, 0.2) is 0 Å². The van der Waals surface area contributed by atoms with E-state index in [9.17, 15) is 4.21 Å². The van der Waals surface area contributed by atoms with Crippen molar-refractivity contribution >= 4 is 29.0 Å². The highest BCUT2D eigenvalue weighted by molar-refractivity contribution is 7.98. The number of hydrogen-bond donors (Lipinski definition) is 0. The van der Waals surface area contributed by atoms with Crippen LogP contribution in [-0.2, 0) is 11.0 Å². The molecule has 0 aliphatic rings. The molecule has 0 fully saturated rings. The molecule has 0 saturated heterocycles. The van der Waals surface area contributed by atoms with Crippen LogP contribution in [0.15, 0.2) is 4.40 Å². The lowest BCUT2D eigenvalue weighted by atomic mass is 10.3. The predicted octanol–water partition coefficient (Wildman–Crippen LogP) is 2.27. The first-order valence-corrected chi connectivity index (χ1v) is 6.42. The molecule has 2 nitrogen and oxygen atoms in total. The SMILES string of the molecule is CSCCC=N[S@@](=O)C(C)(C)C. The van der Waals surface area contributed by atoms with Crippen LogP contribution in [0.25, 0.3) is 0 Å². The average Bonchev–Trinajstić information content (AvgIpc) is 1.96. The highest BCUT2D eigenvalue weighted by atomic mass is 32.2. The molecule has 0 radical (unpaired) electrons. The average molecular weight is 207 g/mol. The summed E-state index contributed by atoms with van der Waals surface area (Å²) in [5.41, 5.74) is 0. The summed E-state index contributed by atoms with van der Waals surface area (Å²) in [6, 6.07) is 0. The molecule has 0 heterocycles.